The molecule has 0 atom stereocenters. The van der Waals surface area contributed by atoms with Crippen molar-refractivity contribution in [3.63, 3.8) is 0 Å². The summed E-state index contributed by atoms with van der Waals surface area (Å²) in [4.78, 5) is 23.1. The molecule has 1 aromatic carbocycles. The molecule has 0 bridgehead atoms. The number of hydrogen-bond donors (Lipinski definition) is 2. The summed E-state index contributed by atoms with van der Waals surface area (Å²) in [6, 6.07) is 6.44. The van der Waals surface area contributed by atoms with Crippen LogP contribution in [0.2, 0.25) is 0 Å². The summed E-state index contributed by atoms with van der Waals surface area (Å²) in [6.07, 6.45) is 0. The van der Waals surface area contributed by atoms with Gasteiger partial charge in [-0.2, -0.15) is 0 Å². The Bertz CT molecular complexity index is 377. The van der Waals surface area contributed by atoms with Crippen LogP contribution >= 0.6 is 0 Å². The Morgan fingerprint density at radius 3 is 1.50 bits per heavy atom. The van der Waals surface area contributed by atoms with Crippen molar-refractivity contribution in [1.29, 1.82) is 0 Å². The van der Waals surface area contributed by atoms with E-state index in [1.807, 2.05) is 0 Å². The van der Waals surface area contributed by atoms with Crippen molar-refractivity contribution in [3.05, 3.63) is 35.4 Å². The average Bonchev–Trinajstić information content (AvgIpc) is 2.48. The van der Waals surface area contributed by atoms with Crippen LogP contribution in [0.15, 0.2) is 24.3 Å². The molecule has 1 aromatic rings. The highest BCUT2D eigenvalue weighted by atomic mass is 16.5. The Morgan fingerprint density at radius 1 is 0.900 bits per heavy atom. The maximum Gasteiger partial charge on any atom is 0.338 e. The first-order valence-corrected chi connectivity index (χ1v) is 6.27. The van der Waals surface area contributed by atoms with E-state index < -0.39 is 11.9 Å². The monoisotopic (exact) mass is 284 g/mol. The first kappa shape index (κ1) is 18.1. The SMILES string of the molecule is CCOC(=O)c1ccccc1C(=O)OCC.OCCO. The second-order valence-corrected chi connectivity index (χ2v) is 3.43. The maximum atomic E-state index is 11.5. The molecule has 0 fully saturated rings. The first-order valence-electron chi connectivity index (χ1n) is 6.27. The molecule has 20 heavy (non-hydrogen) atoms. The fourth-order valence-electron chi connectivity index (χ4n) is 1.26. The smallest absolute Gasteiger partial charge is 0.338 e. The van der Waals surface area contributed by atoms with E-state index in [1.165, 1.54) is 0 Å². The van der Waals surface area contributed by atoms with Crippen LogP contribution in [0.4, 0.5) is 0 Å². The van der Waals surface area contributed by atoms with Crippen molar-refractivity contribution >= 4 is 11.9 Å². The number of aliphatic hydroxyl groups is 2. The molecule has 6 nitrogen and oxygen atoms in total. The average molecular weight is 284 g/mol. The predicted octanol–water partition coefficient (Wildman–Crippen LogP) is 1.01. The van der Waals surface area contributed by atoms with Crippen LogP contribution in [0.1, 0.15) is 34.6 Å². The van der Waals surface area contributed by atoms with Crippen LogP contribution in [0.3, 0.4) is 0 Å². The number of benzene rings is 1. The molecule has 0 amide bonds. The van der Waals surface area contributed by atoms with Crippen LogP contribution in [-0.4, -0.2) is 48.6 Å². The maximum absolute atomic E-state index is 11.5. The molecule has 0 aliphatic rings. The zero-order valence-corrected chi connectivity index (χ0v) is 11.7. The van der Waals surface area contributed by atoms with E-state index >= 15 is 0 Å². The first-order chi connectivity index (χ1) is 9.62. The van der Waals surface area contributed by atoms with Gasteiger partial charge in [-0.1, -0.05) is 12.1 Å². The number of carbonyl (C=O) groups is 2. The summed E-state index contributed by atoms with van der Waals surface area (Å²) in [5.41, 5.74) is 0.477. The van der Waals surface area contributed by atoms with Crippen LogP contribution in [-0.2, 0) is 9.47 Å². The minimum Gasteiger partial charge on any atom is -0.462 e. The van der Waals surface area contributed by atoms with Gasteiger partial charge in [0.25, 0.3) is 0 Å². The Kier molecular flexibility index (Phi) is 9.90. The van der Waals surface area contributed by atoms with E-state index in [0.717, 1.165) is 0 Å². The third kappa shape index (κ3) is 6.31. The summed E-state index contributed by atoms with van der Waals surface area (Å²) in [6.45, 7) is 3.72. The highest BCUT2D eigenvalue weighted by molar-refractivity contribution is 6.03. The number of rotatable bonds is 5. The van der Waals surface area contributed by atoms with Crippen molar-refractivity contribution in [3.8, 4) is 0 Å². The van der Waals surface area contributed by atoms with Gasteiger partial charge in [0.2, 0.25) is 0 Å². The summed E-state index contributed by atoms with van der Waals surface area (Å²) in [5, 5.41) is 15.2. The molecule has 112 valence electrons. The zero-order valence-electron chi connectivity index (χ0n) is 11.7. The molecule has 0 unspecified atom stereocenters. The molecule has 0 aromatic heterocycles. The van der Waals surface area contributed by atoms with Crippen molar-refractivity contribution in [2.45, 2.75) is 13.8 Å². The highest BCUT2D eigenvalue weighted by Crippen LogP contribution is 2.11. The van der Waals surface area contributed by atoms with Gasteiger partial charge in [0.05, 0.1) is 37.6 Å². The van der Waals surface area contributed by atoms with Gasteiger partial charge >= 0.3 is 11.9 Å². The molecule has 0 spiro atoms. The normalized spacial score (nSPS) is 9.20. The molecular formula is C14H20O6. The van der Waals surface area contributed by atoms with E-state index in [4.69, 9.17) is 19.7 Å². The topological polar surface area (TPSA) is 93.1 Å². The fourth-order valence-corrected chi connectivity index (χ4v) is 1.26. The largest absolute Gasteiger partial charge is 0.462 e. The Morgan fingerprint density at radius 2 is 1.25 bits per heavy atom. The Balaban J connectivity index is 0.000000796. The molecule has 6 heteroatoms. The van der Waals surface area contributed by atoms with E-state index in [0.29, 0.717) is 0 Å². The van der Waals surface area contributed by atoms with E-state index in [9.17, 15) is 9.59 Å². The lowest BCUT2D eigenvalue weighted by Gasteiger charge is -2.07. The molecule has 0 heterocycles. The fraction of sp³-hybridized carbons (Fsp3) is 0.429. The molecule has 0 saturated heterocycles. The molecule has 0 radical (unpaired) electrons. The molecule has 0 aliphatic carbocycles. The molecule has 2 N–H and O–H groups in total. The third-order valence-corrected chi connectivity index (χ3v) is 2.02. The van der Waals surface area contributed by atoms with Gasteiger partial charge in [0.15, 0.2) is 0 Å². The van der Waals surface area contributed by atoms with Crippen molar-refractivity contribution in [2.75, 3.05) is 26.4 Å². The molecule has 1 rings (SSSR count). The summed E-state index contributed by atoms with van der Waals surface area (Å²) < 4.78 is 9.70. The lowest BCUT2D eigenvalue weighted by atomic mass is 10.1. The van der Waals surface area contributed by atoms with Gasteiger partial charge in [-0.3, -0.25) is 0 Å². The second kappa shape index (κ2) is 11.0. The lowest BCUT2D eigenvalue weighted by molar-refractivity contribution is 0.0479. The van der Waals surface area contributed by atoms with Gasteiger partial charge in [0, 0.05) is 0 Å². The number of aliphatic hydroxyl groups excluding tert-OH is 2. The summed E-state index contributed by atoms with van der Waals surface area (Å²) in [5.74, 6) is -1.02. The quantitative estimate of drug-likeness (QED) is 0.784. The number of esters is 2. The second-order valence-electron chi connectivity index (χ2n) is 3.43. The van der Waals surface area contributed by atoms with Gasteiger partial charge in [-0.05, 0) is 26.0 Å². The molecule has 0 aliphatic heterocycles. The van der Waals surface area contributed by atoms with Gasteiger partial charge in [-0.15, -0.1) is 0 Å². The van der Waals surface area contributed by atoms with Crippen LogP contribution in [0.25, 0.3) is 0 Å². The van der Waals surface area contributed by atoms with Crippen LogP contribution in [0, 0.1) is 0 Å². The van der Waals surface area contributed by atoms with E-state index in [-0.39, 0.29) is 37.6 Å². The molecule has 0 saturated carbocycles. The van der Waals surface area contributed by atoms with E-state index in [2.05, 4.69) is 0 Å². The van der Waals surface area contributed by atoms with Crippen molar-refractivity contribution in [2.24, 2.45) is 0 Å². The van der Waals surface area contributed by atoms with Crippen LogP contribution in [0.5, 0.6) is 0 Å². The third-order valence-electron chi connectivity index (χ3n) is 2.02. The van der Waals surface area contributed by atoms with Crippen molar-refractivity contribution < 1.29 is 29.3 Å². The highest BCUT2D eigenvalue weighted by Gasteiger charge is 2.17. The predicted molar refractivity (Wildman–Crippen MR) is 72.5 cm³/mol. The van der Waals surface area contributed by atoms with E-state index in [1.54, 1.807) is 38.1 Å². The standard InChI is InChI=1S/C12H14O4.C2H6O2/c1-3-15-11(13)9-7-5-6-8-10(9)12(14)16-4-2;3-1-2-4/h5-8H,3-4H2,1-2H3;3-4H,1-2H2. The number of ether oxygens (including phenoxy) is 2. The minimum atomic E-state index is -0.508. The summed E-state index contributed by atoms with van der Waals surface area (Å²) >= 11 is 0. The lowest BCUT2D eigenvalue weighted by Crippen LogP contribution is -2.13. The zero-order chi connectivity index (χ0) is 15.4. The number of hydrogen-bond acceptors (Lipinski definition) is 6. The Hall–Kier alpha value is -1.92. The van der Waals surface area contributed by atoms with Crippen LogP contribution < -0.4 is 0 Å². The van der Waals surface area contributed by atoms with Gasteiger partial charge < -0.3 is 19.7 Å². The van der Waals surface area contributed by atoms with Crippen molar-refractivity contribution in [1.82, 2.24) is 0 Å². The minimum absolute atomic E-state index is 0.125. The van der Waals surface area contributed by atoms with Gasteiger partial charge in [0.1, 0.15) is 0 Å². The Labute approximate surface area is 117 Å². The van der Waals surface area contributed by atoms with Gasteiger partial charge in [-0.25, -0.2) is 9.59 Å². The number of carbonyl (C=O) groups excluding carboxylic acids is 2. The summed E-state index contributed by atoms with van der Waals surface area (Å²) in [7, 11) is 0. The molecular weight excluding hydrogens is 264 g/mol.